The minimum atomic E-state index is -0.594. The van der Waals surface area contributed by atoms with Crippen LogP contribution >= 0.6 is 0 Å². The molecule has 0 saturated heterocycles. The molecule has 1 aliphatic rings. The van der Waals surface area contributed by atoms with E-state index >= 15 is 0 Å². The van der Waals surface area contributed by atoms with Gasteiger partial charge in [0, 0.05) is 30.8 Å². The molecule has 0 aliphatic carbocycles. The van der Waals surface area contributed by atoms with Crippen molar-refractivity contribution in [2.24, 2.45) is 5.16 Å². The Morgan fingerprint density at radius 2 is 2.19 bits per heavy atom. The largest absolute Gasteiger partial charge is 0.496 e. The van der Waals surface area contributed by atoms with Gasteiger partial charge in [0.15, 0.2) is 0 Å². The second-order valence-electron chi connectivity index (χ2n) is 6.33. The summed E-state index contributed by atoms with van der Waals surface area (Å²) in [5.74, 6) is 0.577. The molecule has 138 valence electrons. The van der Waals surface area contributed by atoms with Gasteiger partial charge in [0.25, 0.3) is 5.91 Å². The van der Waals surface area contributed by atoms with Crippen molar-refractivity contribution in [3.63, 3.8) is 0 Å². The Morgan fingerprint density at radius 3 is 2.92 bits per heavy atom. The average Bonchev–Trinajstić information content (AvgIpc) is 3.25. The number of amides is 1. The average molecular weight is 356 g/mol. The van der Waals surface area contributed by atoms with E-state index in [0.29, 0.717) is 13.0 Å². The number of carbonyl (C=O) groups is 1. The smallest absolute Gasteiger partial charge is 0.264 e. The maximum absolute atomic E-state index is 12.3. The molecule has 0 radical (unpaired) electrons. The van der Waals surface area contributed by atoms with Crippen molar-refractivity contribution < 1.29 is 14.4 Å². The molecule has 7 nitrogen and oxygen atoms in total. The second kappa shape index (κ2) is 8.03. The summed E-state index contributed by atoms with van der Waals surface area (Å²) in [7, 11) is 1.61. The Bertz CT molecular complexity index is 813. The fourth-order valence-electron chi connectivity index (χ4n) is 3.02. The number of para-hydroxylation sites is 1. The number of carbonyl (C=O) groups excluding carboxylic acids is 1. The lowest BCUT2D eigenvalue weighted by molar-refractivity contribution is -0.131. The van der Waals surface area contributed by atoms with Crippen molar-refractivity contribution >= 4 is 11.6 Å². The highest BCUT2D eigenvalue weighted by Crippen LogP contribution is 2.24. The van der Waals surface area contributed by atoms with Gasteiger partial charge in [-0.3, -0.25) is 9.48 Å². The zero-order chi connectivity index (χ0) is 18.5. The number of hydrogen-bond donors (Lipinski definition) is 1. The molecule has 0 saturated carbocycles. The Labute approximate surface area is 153 Å². The second-order valence-corrected chi connectivity index (χ2v) is 6.33. The van der Waals surface area contributed by atoms with E-state index in [1.54, 1.807) is 7.11 Å². The number of ether oxygens (including phenoxy) is 1. The fourth-order valence-corrected chi connectivity index (χ4v) is 3.02. The number of oxime groups is 1. The van der Waals surface area contributed by atoms with Crippen molar-refractivity contribution in [2.75, 3.05) is 13.7 Å². The molecule has 1 aliphatic heterocycles. The predicted molar refractivity (Wildman–Crippen MR) is 98.3 cm³/mol. The quantitative estimate of drug-likeness (QED) is 0.772. The number of nitrogens with zero attached hydrogens (tertiary/aromatic N) is 3. The number of rotatable bonds is 7. The lowest BCUT2D eigenvalue weighted by Crippen LogP contribution is -2.35. The molecule has 0 spiro atoms. The normalized spacial score (nSPS) is 16.1. The molecule has 1 aromatic heterocycles. The molecular weight excluding hydrogens is 332 g/mol. The summed E-state index contributed by atoms with van der Waals surface area (Å²) in [6.07, 6.45) is 0.646. The molecule has 0 bridgehead atoms. The highest BCUT2D eigenvalue weighted by Gasteiger charge is 2.29. The first kappa shape index (κ1) is 18.0. The van der Waals surface area contributed by atoms with Crippen molar-refractivity contribution in [3.8, 4) is 5.75 Å². The Hall–Kier alpha value is -2.83. The van der Waals surface area contributed by atoms with Gasteiger partial charge in [0.2, 0.25) is 6.10 Å². The van der Waals surface area contributed by atoms with Gasteiger partial charge < -0.3 is 14.9 Å². The van der Waals surface area contributed by atoms with Crippen LogP contribution in [0.1, 0.15) is 29.8 Å². The van der Waals surface area contributed by atoms with Crippen molar-refractivity contribution in [1.82, 2.24) is 15.1 Å². The van der Waals surface area contributed by atoms with Gasteiger partial charge in [-0.25, -0.2) is 0 Å². The standard InChI is InChI=1S/C19H24N4O3/c1-13-11-14(2)23(21-13)10-6-9-20-19(24)18-12-16(22-26-18)15-7-4-5-8-17(15)25-3/h4-5,7-8,11,18H,6,9-10,12H2,1-3H3,(H,20,24). The van der Waals surface area contributed by atoms with E-state index in [4.69, 9.17) is 9.57 Å². The third-order valence-corrected chi connectivity index (χ3v) is 4.33. The summed E-state index contributed by atoms with van der Waals surface area (Å²) in [6, 6.07) is 9.63. The van der Waals surface area contributed by atoms with Crippen LogP contribution in [0.4, 0.5) is 0 Å². The van der Waals surface area contributed by atoms with Crippen LogP contribution in [-0.2, 0) is 16.2 Å². The lowest BCUT2D eigenvalue weighted by Gasteiger charge is -2.10. The van der Waals surface area contributed by atoms with Crippen molar-refractivity contribution in [2.45, 2.75) is 39.3 Å². The molecule has 1 amide bonds. The molecule has 26 heavy (non-hydrogen) atoms. The number of aromatic nitrogens is 2. The zero-order valence-corrected chi connectivity index (χ0v) is 15.4. The molecule has 2 heterocycles. The maximum atomic E-state index is 12.3. The minimum absolute atomic E-state index is 0.146. The van der Waals surface area contributed by atoms with Gasteiger partial charge in [-0.2, -0.15) is 5.10 Å². The first-order valence-corrected chi connectivity index (χ1v) is 8.73. The summed E-state index contributed by atoms with van der Waals surface area (Å²) in [6.45, 7) is 5.35. The first-order valence-electron chi connectivity index (χ1n) is 8.73. The molecular formula is C19H24N4O3. The Balaban J connectivity index is 1.46. The number of hydrogen-bond acceptors (Lipinski definition) is 5. The molecule has 1 unspecified atom stereocenters. The van der Waals surface area contributed by atoms with Crippen LogP contribution in [0, 0.1) is 13.8 Å². The third-order valence-electron chi connectivity index (χ3n) is 4.33. The van der Waals surface area contributed by atoms with Crippen molar-refractivity contribution in [3.05, 3.63) is 47.3 Å². The van der Waals surface area contributed by atoms with E-state index in [0.717, 1.165) is 41.4 Å². The minimum Gasteiger partial charge on any atom is -0.496 e. The van der Waals surface area contributed by atoms with Gasteiger partial charge in [0.05, 0.1) is 18.5 Å². The highest BCUT2D eigenvalue weighted by molar-refractivity contribution is 6.05. The molecule has 0 fully saturated rings. The monoisotopic (exact) mass is 356 g/mol. The van der Waals surface area contributed by atoms with E-state index in [1.165, 1.54) is 0 Å². The van der Waals surface area contributed by atoms with Crippen LogP contribution in [0.25, 0.3) is 0 Å². The van der Waals surface area contributed by atoms with E-state index < -0.39 is 6.10 Å². The maximum Gasteiger partial charge on any atom is 0.264 e. The molecule has 1 atom stereocenters. The molecule has 2 aromatic rings. The lowest BCUT2D eigenvalue weighted by atomic mass is 10.0. The van der Waals surface area contributed by atoms with Crippen LogP contribution < -0.4 is 10.1 Å². The Morgan fingerprint density at radius 1 is 1.38 bits per heavy atom. The van der Waals surface area contributed by atoms with Crippen LogP contribution in [0.15, 0.2) is 35.5 Å². The Kier molecular flexibility index (Phi) is 5.55. The number of methoxy groups -OCH3 is 1. The predicted octanol–water partition coefficient (Wildman–Crippen LogP) is 2.21. The molecule has 3 rings (SSSR count). The molecule has 1 aromatic carbocycles. The highest BCUT2D eigenvalue weighted by atomic mass is 16.6. The summed E-state index contributed by atoms with van der Waals surface area (Å²) in [5, 5.41) is 11.4. The van der Waals surface area contributed by atoms with Crippen LogP contribution in [0.3, 0.4) is 0 Å². The van der Waals surface area contributed by atoms with Gasteiger partial charge in [-0.1, -0.05) is 17.3 Å². The summed E-state index contributed by atoms with van der Waals surface area (Å²) in [5.41, 5.74) is 3.72. The number of aryl methyl sites for hydroxylation is 3. The van der Waals surface area contributed by atoms with E-state index in [2.05, 4.69) is 15.6 Å². The molecule has 7 heteroatoms. The van der Waals surface area contributed by atoms with Gasteiger partial charge in [0.1, 0.15) is 5.75 Å². The molecule has 1 N–H and O–H groups in total. The van der Waals surface area contributed by atoms with Gasteiger partial charge in [-0.15, -0.1) is 0 Å². The number of benzene rings is 1. The van der Waals surface area contributed by atoms with Crippen LogP contribution in [0.2, 0.25) is 0 Å². The summed E-state index contributed by atoms with van der Waals surface area (Å²) >= 11 is 0. The first-order chi connectivity index (χ1) is 12.6. The summed E-state index contributed by atoms with van der Waals surface area (Å²) in [4.78, 5) is 17.6. The topological polar surface area (TPSA) is 77.7 Å². The van der Waals surface area contributed by atoms with Gasteiger partial charge >= 0.3 is 0 Å². The SMILES string of the molecule is COc1ccccc1C1=NOC(C(=O)NCCCn2nc(C)cc2C)C1. The van der Waals surface area contributed by atoms with E-state index in [-0.39, 0.29) is 5.91 Å². The zero-order valence-electron chi connectivity index (χ0n) is 15.4. The van der Waals surface area contributed by atoms with Crippen LogP contribution in [0.5, 0.6) is 5.75 Å². The summed E-state index contributed by atoms with van der Waals surface area (Å²) < 4.78 is 7.30. The van der Waals surface area contributed by atoms with E-state index in [9.17, 15) is 4.79 Å². The van der Waals surface area contributed by atoms with Crippen LogP contribution in [-0.4, -0.2) is 41.2 Å². The number of nitrogens with one attached hydrogen (secondary N) is 1. The fraction of sp³-hybridized carbons (Fsp3) is 0.421. The van der Waals surface area contributed by atoms with E-state index in [1.807, 2.05) is 48.9 Å². The van der Waals surface area contributed by atoms with Crippen molar-refractivity contribution in [1.29, 1.82) is 0 Å². The van der Waals surface area contributed by atoms with Gasteiger partial charge in [-0.05, 0) is 38.5 Å². The third kappa shape index (κ3) is 4.04.